The van der Waals surface area contributed by atoms with Crippen LogP contribution in [-0.2, 0) is 32.6 Å². The minimum Gasteiger partial charge on any atom is -0.497 e. The molecule has 3 aromatic carbocycles. The van der Waals surface area contributed by atoms with Gasteiger partial charge >= 0.3 is 0 Å². The molecule has 11 heteroatoms. The highest BCUT2D eigenvalue weighted by atomic mass is 35.5. The number of sulfonamides is 1. The lowest BCUT2D eigenvalue weighted by atomic mass is 10.0. The summed E-state index contributed by atoms with van der Waals surface area (Å²) in [6.45, 7) is 1.98. The minimum atomic E-state index is -3.92. The summed E-state index contributed by atoms with van der Waals surface area (Å²) < 4.78 is 32.1. The van der Waals surface area contributed by atoms with Crippen LogP contribution in [0.1, 0.15) is 30.9 Å². The number of halogens is 2. The molecule has 220 valence electrons. The van der Waals surface area contributed by atoms with Crippen molar-refractivity contribution < 1.29 is 22.7 Å². The molecule has 0 bridgehead atoms. The molecule has 0 aliphatic heterocycles. The largest absolute Gasteiger partial charge is 0.497 e. The quantitative estimate of drug-likeness (QED) is 0.246. The first kappa shape index (κ1) is 32.2. The Kier molecular flexibility index (Phi) is 11.9. The van der Waals surface area contributed by atoms with Gasteiger partial charge in [-0.25, -0.2) is 8.42 Å². The number of carbonyl (C=O) groups is 2. The number of nitrogens with zero attached hydrogens (tertiary/aromatic N) is 2. The van der Waals surface area contributed by atoms with E-state index in [9.17, 15) is 18.0 Å². The van der Waals surface area contributed by atoms with Crippen LogP contribution in [0, 0.1) is 0 Å². The summed E-state index contributed by atoms with van der Waals surface area (Å²) in [6, 6.07) is 20.0. The maximum absolute atomic E-state index is 14.1. The predicted octanol–water partition coefficient (Wildman–Crippen LogP) is 5.32. The molecule has 3 rings (SSSR count). The first-order chi connectivity index (χ1) is 19.5. The highest BCUT2D eigenvalue weighted by Crippen LogP contribution is 2.29. The van der Waals surface area contributed by atoms with E-state index in [2.05, 4.69) is 5.32 Å². The average Bonchev–Trinajstić information content (AvgIpc) is 2.95. The van der Waals surface area contributed by atoms with E-state index in [1.165, 1.54) is 23.1 Å². The van der Waals surface area contributed by atoms with Crippen LogP contribution >= 0.6 is 23.2 Å². The van der Waals surface area contributed by atoms with Gasteiger partial charge in [0.1, 0.15) is 18.3 Å². The lowest BCUT2D eigenvalue weighted by molar-refractivity contribution is -0.140. The van der Waals surface area contributed by atoms with Gasteiger partial charge in [-0.15, -0.1) is 0 Å². The Balaban J connectivity index is 2.06. The number of nitrogens with one attached hydrogen (secondary N) is 1. The van der Waals surface area contributed by atoms with Crippen LogP contribution in [0.2, 0.25) is 10.0 Å². The predicted molar refractivity (Wildman–Crippen MR) is 164 cm³/mol. The number of rotatable bonds is 14. The van der Waals surface area contributed by atoms with Crippen molar-refractivity contribution in [2.75, 3.05) is 30.8 Å². The first-order valence-electron chi connectivity index (χ1n) is 13.2. The number of methoxy groups -OCH3 is 1. The Morgan fingerprint density at radius 1 is 0.951 bits per heavy atom. The van der Waals surface area contributed by atoms with E-state index in [-0.39, 0.29) is 34.6 Å². The zero-order valence-corrected chi connectivity index (χ0v) is 25.7. The lowest BCUT2D eigenvalue weighted by Gasteiger charge is -2.33. The Bertz CT molecular complexity index is 1440. The molecule has 0 aromatic heterocycles. The van der Waals surface area contributed by atoms with Crippen LogP contribution in [0.25, 0.3) is 0 Å². The van der Waals surface area contributed by atoms with E-state index in [1.54, 1.807) is 25.3 Å². The van der Waals surface area contributed by atoms with Crippen molar-refractivity contribution in [2.45, 2.75) is 38.8 Å². The van der Waals surface area contributed by atoms with E-state index >= 15 is 0 Å². The third kappa shape index (κ3) is 9.38. The first-order valence-corrected chi connectivity index (χ1v) is 15.8. The number of carbonyl (C=O) groups excluding carboxylic acids is 2. The van der Waals surface area contributed by atoms with Gasteiger partial charge in [0.25, 0.3) is 0 Å². The number of hydrogen-bond acceptors (Lipinski definition) is 5. The summed E-state index contributed by atoms with van der Waals surface area (Å²) >= 11 is 12.2. The molecule has 1 unspecified atom stereocenters. The van der Waals surface area contributed by atoms with Gasteiger partial charge in [-0.05, 0) is 47.9 Å². The van der Waals surface area contributed by atoms with Crippen molar-refractivity contribution in [2.24, 2.45) is 0 Å². The van der Waals surface area contributed by atoms with Gasteiger partial charge in [0.2, 0.25) is 21.8 Å². The van der Waals surface area contributed by atoms with Gasteiger partial charge in [-0.1, -0.05) is 79.0 Å². The third-order valence-electron chi connectivity index (χ3n) is 6.46. The van der Waals surface area contributed by atoms with E-state index in [1.807, 2.05) is 43.3 Å². The van der Waals surface area contributed by atoms with E-state index < -0.39 is 28.5 Å². The molecule has 1 N–H and O–H groups in total. The van der Waals surface area contributed by atoms with Crippen LogP contribution in [0.15, 0.2) is 72.8 Å². The van der Waals surface area contributed by atoms with Crippen molar-refractivity contribution >= 4 is 50.7 Å². The van der Waals surface area contributed by atoms with Crippen LogP contribution in [0.3, 0.4) is 0 Å². The van der Waals surface area contributed by atoms with E-state index in [0.717, 1.165) is 34.5 Å². The molecule has 41 heavy (non-hydrogen) atoms. The molecule has 0 saturated heterocycles. The maximum atomic E-state index is 14.1. The zero-order chi connectivity index (χ0) is 30.0. The summed E-state index contributed by atoms with van der Waals surface area (Å²) in [6.07, 6.45) is 2.92. The molecular formula is C30H35Cl2N3O5S. The summed E-state index contributed by atoms with van der Waals surface area (Å²) in [5, 5.41) is 3.36. The van der Waals surface area contributed by atoms with Gasteiger partial charge in [-0.2, -0.15) is 0 Å². The standard InChI is InChI=1S/C30H35Cl2N3O5S/c1-4-5-16-33-30(37)28(18-22-10-7-6-8-11-22)34(20-23-12-9-13-25(17-23)40-2)29(36)21-35(41(3,38)39)24-14-15-26(31)27(32)19-24/h6-15,17,19,28H,4-5,16,18,20-21H2,1-3H3,(H,33,37). The molecule has 2 amide bonds. The molecule has 1 atom stereocenters. The number of ether oxygens (including phenoxy) is 1. The topological polar surface area (TPSA) is 96.0 Å². The smallest absolute Gasteiger partial charge is 0.244 e. The zero-order valence-electron chi connectivity index (χ0n) is 23.3. The Hall–Kier alpha value is -3.27. The summed E-state index contributed by atoms with van der Waals surface area (Å²) in [5.41, 5.74) is 1.76. The monoisotopic (exact) mass is 619 g/mol. The highest BCUT2D eigenvalue weighted by Gasteiger charge is 2.33. The second-order valence-electron chi connectivity index (χ2n) is 9.59. The molecular weight excluding hydrogens is 585 g/mol. The minimum absolute atomic E-state index is 0.0493. The van der Waals surface area contributed by atoms with Crippen molar-refractivity contribution in [1.29, 1.82) is 0 Å². The number of benzene rings is 3. The van der Waals surface area contributed by atoms with Crippen molar-refractivity contribution in [3.8, 4) is 5.75 Å². The number of anilines is 1. The number of amides is 2. The van der Waals surface area contributed by atoms with Gasteiger partial charge in [0.15, 0.2) is 0 Å². The third-order valence-corrected chi connectivity index (χ3v) is 8.34. The summed E-state index contributed by atoms with van der Waals surface area (Å²) in [4.78, 5) is 29.2. The van der Waals surface area contributed by atoms with Crippen LogP contribution in [0.5, 0.6) is 5.75 Å². The fraction of sp³-hybridized carbons (Fsp3) is 0.333. The van der Waals surface area contributed by atoms with Gasteiger partial charge in [0.05, 0.1) is 29.1 Å². The normalized spacial score (nSPS) is 11.9. The molecule has 0 fully saturated rings. The Morgan fingerprint density at radius 2 is 1.66 bits per heavy atom. The highest BCUT2D eigenvalue weighted by molar-refractivity contribution is 7.92. The fourth-order valence-electron chi connectivity index (χ4n) is 4.28. The van der Waals surface area contributed by atoms with Crippen molar-refractivity contribution in [1.82, 2.24) is 10.2 Å². The van der Waals surface area contributed by atoms with Crippen molar-refractivity contribution in [3.05, 3.63) is 94.0 Å². The van der Waals surface area contributed by atoms with Crippen LogP contribution < -0.4 is 14.4 Å². The maximum Gasteiger partial charge on any atom is 0.244 e. The molecule has 3 aromatic rings. The number of unbranched alkanes of at least 4 members (excludes halogenated alkanes) is 1. The van der Waals surface area contributed by atoms with E-state index in [0.29, 0.717) is 12.3 Å². The molecule has 0 radical (unpaired) electrons. The van der Waals surface area contributed by atoms with Gasteiger partial charge in [-0.3, -0.25) is 13.9 Å². The molecule has 0 aliphatic carbocycles. The SMILES string of the molecule is CCCCNC(=O)C(Cc1ccccc1)N(Cc1cccc(OC)c1)C(=O)CN(c1ccc(Cl)c(Cl)c1)S(C)(=O)=O. The Labute approximate surface area is 252 Å². The Morgan fingerprint density at radius 3 is 2.29 bits per heavy atom. The molecule has 0 heterocycles. The van der Waals surface area contributed by atoms with Crippen molar-refractivity contribution in [3.63, 3.8) is 0 Å². The number of hydrogen-bond donors (Lipinski definition) is 1. The fourth-order valence-corrected chi connectivity index (χ4v) is 5.42. The molecule has 0 saturated carbocycles. The van der Waals surface area contributed by atoms with E-state index in [4.69, 9.17) is 27.9 Å². The molecule has 8 nitrogen and oxygen atoms in total. The average molecular weight is 621 g/mol. The van der Waals surface area contributed by atoms with Crippen LogP contribution in [0.4, 0.5) is 5.69 Å². The molecule has 0 spiro atoms. The summed E-state index contributed by atoms with van der Waals surface area (Å²) in [5.74, 6) is -0.287. The molecule has 0 aliphatic rings. The van der Waals surface area contributed by atoms with Gasteiger partial charge < -0.3 is 15.0 Å². The van der Waals surface area contributed by atoms with Gasteiger partial charge in [0, 0.05) is 19.5 Å². The second kappa shape index (κ2) is 15.1. The van der Waals surface area contributed by atoms with Crippen LogP contribution in [-0.4, -0.2) is 57.6 Å². The summed E-state index contributed by atoms with van der Waals surface area (Å²) in [7, 11) is -2.37. The lowest BCUT2D eigenvalue weighted by Crippen LogP contribution is -2.53. The second-order valence-corrected chi connectivity index (χ2v) is 12.3.